The topological polar surface area (TPSA) is 67.8 Å². The van der Waals surface area contributed by atoms with Crippen LogP contribution in [-0.4, -0.2) is 97.0 Å². The number of anilines is 3. The number of nitrogens with one attached hydrogen (secondary N) is 1. The van der Waals surface area contributed by atoms with Gasteiger partial charge in [-0.05, 0) is 62.4 Å². The van der Waals surface area contributed by atoms with Crippen LogP contribution in [0.3, 0.4) is 0 Å². The Hall–Kier alpha value is -2.75. The maximum Gasteiger partial charge on any atom is 0.263 e. The lowest BCUT2D eigenvalue weighted by atomic mass is 9.94. The van der Waals surface area contributed by atoms with E-state index in [0.717, 1.165) is 52.5 Å². The fraction of sp³-hybridized carbons (Fsp3) is 0.567. The Kier molecular flexibility index (Phi) is 7.73. The molecule has 6 rings (SSSR count). The molecule has 0 atom stereocenters. The predicted molar refractivity (Wildman–Crippen MR) is 161 cm³/mol. The number of piperazine rings is 1. The predicted octanol–water partition coefficient (Wildman–Crippen LogP) is 5.01. The van der Waals surface area contributed by atoms with Crippen LogP contribution < -0.4 is 10.2 Å². The van der Waals surface area contributed by atoms with Crippen molar-refractivity contribution in [2.45, 2.75) is 50.5 Å². The Morgan fingerprint density at radius 3 is 2.33 bits per heavy atom. The molecule has 8 nitrogen and oxygen atoms in total. The Morgan fingerprint density at radius 1 is 0.949 bits per heavy atom. The molecule has 0 unspecified atom stereocenters. The van der Waals surface area contributed by atoms with Crippen LogP contribution in [0.2, 0.25) is 0 Å². The third-order valence-corrected chi connectivity index (χ3v) is 10.0. The van der Waals surface area contributed by atoms with E-state index >= 15 is 0 Å². The molecular formula is C30H41N7OS. The van der Waals surface area contributed by atoms with Crippen LogP contribution >= 0.6 is 11.3 Å². The molecule has 3 aliphatic rings. The molecule has 1 N–H and O–H groups in total. The molecule has 0 spiro atoms. The molecule has 2 saturated heterocycles. The number of fused-ring (bicyclic) bond motifs is 1. The van der Waals surface area contributed by atoms with E-state index in [2.05, 4.69) is 50.2 Å². The number of carbonyl (C=O) groups is 1. The molecule has 0 bridgehead atoms. The molecule has 9 heteroatoms. The highest BCUT2D eigenvalue weighted by Gasteiger charge is 2.29. The van der Waals surface area contributed by atoms with Gasteiger partial charge in [-0.25, -0.2) is 9.97 Å². The number of thiophene rings is 1. The van der Waals surface area contributed by atoms with Gasteiger partial charge in [-0.15, -0.1) is 11.3 Å². The first-order valence-electron chi connectivity index (χ1n) is 14.5. The summed E-state index contributed by atoms with van der Waals surface area (Å²) in [5.41, 5.74) is 2.41. The van der Waals surface area contributed by atoms with Gasteiger partial charge in [0.1, 0.15) is 11.6 Å². The van der Waals surface area contributed by atoms with Crippen LogP contribution in [0.25, 0.3) is 10.1 Å². The average molecular weight is 548 g/mol. The molecular weight excluding hydrogens is 506 g/mol. The van der Waals surface area contributed by atoms with Crippen LogP contribution in [0.4, 0.5) is 17.3 Å². The van der Waals surface area contributed by atoms with Crippen molar-refractivity contribution in [3.8, 4) is 0 Å². The molecule has 208 valence electrons. The fourth-order valence-electron chi connectivity index (χ4n) is 6.53. The van der Waals surface area contributed by atoms with E-state index in [0.29, 0.717) is 12.0 Å². The summed E-state index contributed by atoms with van der Waals surface area (Å²) in [6.07, 6.45) is 11.1. The lowest BCUT2D eigenvalue weighted by Crippen LogP contribution is -2.52. The molecule has 0 radical (unpaired) electrons. The summed E-state index contributed by atoms with van der Waals surface area (Å²) >= 11 is 1.58. The van der Waals surface area contributed by atoms with Crippen molar-refractivity contribution in [3.05, 3.63) is 41.0 Å². The highest BCUT2D eigenvalue weighted by atomic mass is 32.1. The van der Waals surface area contributed by atoms with E-state index in [1.165, 1.54) is 63.1 Å². The molecule has 3 aromatic heterocycles. The average Bonchev–Trinajstić information content (AvgIpc) is 3.61. The zero-order chi connectivity index (χ0) is 26.9. The Labute approximate surface area is 236 Å². The Bertz CT molecular complexity index is 1280. The van der Waals surface area contributed by atoms with Crippen LogP contribution in [-0.2, 0) is 0 Å². The molecule has 3 fully saturated rings. The standard InChI is InChI=1S/C30H41N7OS/c1-34(2)30(38)29-28(21-6-4-5-7-21)24-18-27(32-20-25(24)39-29)33-26-9-8-23(19-31-26)36-12-10-22(11-13-36)37-16-14-35(3)15-17-37/h8-9,18-22H,4-7,10-17H2,1-3H3,(H,31,32,33). The SMILES string of the molecule is CN1CCN(C2CCN(c3ccc(Nc4cc5c(C6CCCC6)c(C(=O)N(C)C)sc5cn4)nc3)CC2)CC1. The second-order valence-corrected chi connectivity index (χ2v) is 12.7. The summed E-state index contributed by atoms with van der Waals surface area (Å²) in [5.74, 6) is 2.11. The fourth-order valence-corrected chi connectivity index (χ4v) is 7.79. The number of nitrogens with zero attached hydrogens (tertiary/aromatic N) is 6. The van der Waals surface area contributed by atoms with Gasteiger partial charge in [-0.1, -0.05) is 12.8 Å². The number of amides is 1. The van der Waals surface area contributed by atoms with Gasteiger partial charge < -0.3 is 20.0 Å². The van der Waals surface area contributed by atoms with Crippen molar-refractivity contribution in [3.63, 3.8) is 0 Å². The lowest BCUT2D eigenvalue weighted by molar-refractivity contribution is 0.0831. The monoisotopic (exact) mass is 547 g/mol. The summed E-state index contributed by atoms with van der Waals surface area (Å²) in [7, 11) is 5.89. The first kappa shape index (κ1) is 26.5. The minimum Gasteiger partial charge on any atom is -0.370 e. The molecule has 39 heavy (non-hydrogen) atoms. The van der Waals surface area contributed by atoms with Crippen molar-refractivity contribution < 1.29 is 4.79 Å². The van der Waals surface area contributed by atoms with E-state index < -0.39 is 0 Å². The smallest absolute Gasteiger partial charge is 0.263 e. The summed E-state index contributed by atoms with van der Waals surface area (Å²) in [6.45, 7) is 6.93. The summed E-state index contributed by atoms with van der Waals surface area (Å²) in [4.78, 5) is 32.6. The zero-order valence-corrected chi connectivity index (χ0v) is 24.3. The first-order chi connectivity index (χ1) is 19.0. The molecule has 1 amide bonds. The number of hydrogen-bond acceptors (Lipinski definition) is 8. The van der Waals surface area contributed by atoms with Gasteiger partial charge in [0.05, 0.1) is 21.5 Å². The number of rotatable bonds is 6. The number of likely N-dealkylation sites (N-methyl/N-ethyl adjacent to an activating group) is 1. The van der Waals surface area contributed by atoms with E-state index in [9.17, 15) is 4.79 Å². The van der Waals surface area contributed by atoms with E-state index in [-0.39, 0.29) is 5.91 Å². The third-order valence-electron chi connectivity index (χ3n) is 8.87. The summed E-state index contributed by atoms with van der Waals surface area (Å²) in [6, 6.07) is 7.06. The van der Waals surface area contributed by atoms with Gasteiger partial charge >= 0.3 is 0 Å². The number of piperidine rings is 1. The number of carbonyl (C=O) groups excluding carboxylic acids is 1. The van der Waals surface area contributed by atoms with Crippen LogP contribution in [0.15, 0.2) is 30.6 Å². The highest BCUT2D eigenvalue weighted by molar-refractivity contribution is 7.21. The van der Waals surface area contributed by atoms with Crippen molar-refractivity contribution in [2.24, 2.45) is 0 Å². The Balaban J connectivity index is 1.14. The second-order valence-electron chi connectivity index (χ2n) is 11.7. The second kappa shape index (κ2) is 11.4. The molecule has 2 aliphatic heterocycles. The van der Waals surface area contributed by atoms with E-state index in [4.69, 9.17) is 4.98 Å². The highest BCUT2D eigenvalue weighted by Crippen LogP contribution is 2.44. The van der Waals surface area contributed by atoms with Gasteiger partial charge in [0.15, 0.2) is 0 Å². The maximum atomic E-state index is 13.0. The number of pyridine rings is 2. The van der Waals surface area contributed by atoms with Crippen LogP contribution in [0.1, 0.15) is 59.7 Å². The molecule has 1 saturated carbocycles. The molecule has 3 aromatic rings. The third kappa shape index (κ3) is 5.62. The van der Waals surface area contributed by atoms with Crippen LogP contribution in [0, 0.1) is 0 Å². The minimum absolute atomic E-state index is 0.0948. The van der Waals surface area contributed by atoms with Gasteiger partial charge in [0, 0.05) is 71.0 Å². The van der Waals surface area contributed by atoms with Gasteiger partial charge in [0.2, 0.25) is 0 Å². The van der Waals surface area contributed by atoms with E-state index in [1.807, 2.05) is 26.5 Å². The zero-order valence-electron chi connectivity index (χ0n) is 23.5. The Morgan fingerprint density at radius 2 is 1.67 bits per heavy atom. The van der Waals surface area contributed by atoms with Crippen molar-refractivity contribution in [2.75, 3.05) is 70.6 Å². The van der Waals surface area contributed by atoms with Gasteiger partial charge in [-0.3, -0.25) is 9.69 Å². The summed E-state index contributed by atoms with van der Waals surface area (Å²) in [5, 5.41) is 4.58. The minimum atomic E-state index is 0.0948. The number of aromatic nitrogens is 2. The maximum absolute atomic E-state index is 13.0. The summed E-state index contributed by atoms with van der Waals surface area (Å²) < 4.78 is 1.08. The van der Waals surface area contributed by atoms with Crippen molar-refractivity contribution >= 4 is 44.7 Å². The molecule has 1 aliphatic carbocycles. The molecule has 5 heterocycles. The van der Waals surface area contributed by atoms with E-state index in [1.54, 1.807) is 16.2 Å². The van der Waals surface area contributed by atoms with Crippen LogP contribution in [0.5, 0.6) is 0 Å². The lowest BCUT2D eigenvalue weighted by Gasteiger charge is -2.42. The van der Waals surface area contributed by atoms with Crippen molar-refractivity contribution in [1.29, 1.82) is 0 Å². The van der Waals surface area contributed by atoms with Gasteiger partial charge in [-0.2, -0.15) is 0 Å². The molecule has 0 aromatic carbocycles. The first-order valence-corrected chi connectivity index (χ1v) is 15.3. The van der Waals surface area contributed by atoms with Crippen molar-refractivity contribution in [1.82, 2.24) is 24.7 Å². The normalized spacial score (nSPS) is 20.1. The number of hydrogen-bond donors (Lipinski definition) is 1. The van der Waals surface area contributed by atoms with Gasteiger partial charge in [0.25, 0.3) is 5.91 Å². The quantitative estimate of drug-likeness (QED) is 0.465. The largest absolute Gasteiger partial charge is 0.370 e.